The smallest absolute Gasteiger partial charge is 0.333 e. The number of hydrogen-bond donors (Lipinski definition) is 0. The minimum absolute atomic E-state index is 0.0201. The highest BCUT2D eigenvalue weighted by Crippen LogP contribution is 2.58. The van der Waals surface area contributed by atoms with Crippen molar-refractivity contribution in [3.63, 3.8) is 0 Å². The number of thiophene rings is 1. The zero-order valence-corrected chi connectivity index (χ0v) is 53.2. The second-order valence-electron chi connectivity index (χ2n) is 28.6. The third kappa shape index (κ3) is 8.25. The highest BCUT2D eigenvalue weighted by Gasteiger charge is 2.49. The molecule has 11 aromatic carbocycles. The van der Waals surface area contributed by atoms with Gasteiger partial charge in [0.05, 0.1) is 15.8 Å². The molecule has 6 heteroatoms. The van der Waals surface area contributed by atoms with Gasteiger partial charge in [-0.05, 0) is 212 Å². The number of para-hydroxylation sites is 1. The predicted octanol–water partition coefficient (Wildman–Crippen LogP) is 22.5. The Balaban J connectivity index is 1.03. The minimum Gasteiger partial charge on any atom is -0.456 e. The molecule has 13 aromatic rings. The molecule has 0 saturated heterocycles. The van der Waals surface area contributed by atoms with Gasteiger partial charge in [-0.2, -0.15) is 0 Å². The average Bonchev–Trinajstić information content (AvgIpc) is 1.65. The Morgan fingerprint density at radius 1 is 0.427 bits per heavy atom. The van der Waals surface area contributed by atoms with Crippen LogP contribution in [0.25, 0.3) is 75.5 Å². The van der Waals surface area contributed by atoms with E-state index in [1.165, 1.54) is 121 Å². The molecule has 0 atom stereocenters. The van der Waals surface area contributed by atoms with E-state index in [0.717, 1.165) is 64.7 Å². The molecule has 0 amide bonds. The van der Waals surface area contributed by atoms with Crippen LogP contribution in [0.5, 0.6) is 0 Å². The molecule has 0 unspecified atom stereocenters. The Morgan fingerprint density at radius 2 is 1.00 bits per heavy atom. The van der Waals surface area contributed by atoms with Crippen LogP contribution < -0.4 is 25.5 Å². The lowest BCUT2D eigenvalue weighted by molar-refractivity contribution is 0.332. The third-order valence-electron chi connectivity index (χ3n) is 21.2. The van der Waals surface area contributed by atoms with Crippen molar-refractivity contribution in [2.75, 3.05) is 14.6 Å². The topological polar surface area (TPSA) is 22.9 Å². The summed E-state index contributed by atoms with van der Waals surface area (Å²) >= 11 is 1.95. The number of aryl methyl sites for hydroxylation is 1. The molecule has 4 aliphatic rings. The molecule has 89 heavy (non-hydrogen) atoms. The average molecular weight is 1170 g/mol. The van der Waals surface area contributed by atoms with E-state index in [0.29, 0.717) is 0 Å². The van der Waals surface area contributed by atoms with E-state index in [1.54, 1.807) is 0 Å². The van der Waals surface area contributed by atoms with E-state index >= 15 is 0 Å². The molecular formula is C83H72BN3OS. The van der Waals surface area contributed by atoms with Crippen LogP contribution in [0.3, 0.4) is 0 Å². The van der Waals surface area contributed by atoms with Gasteiger partial charge in [0.25, 0.3) is 0 Å². The first-order valence-corrected chi connectivity index (χ1v) is 32.9. The van der Waals surface area contributed by atoms with Gasteiger partial charge in [-0.3, -0.25) is 0 Å². The predicted molar refractivity (Wildman–Crippen MR) is 381 cm³/mol. The summed E-state index contributed by atoms with van der Waals surface area (Å²) in [4.78, 5) is 8.03. The minimum atomic E-state index is -0.299. The summed E-state index contributed by atoms with van der Waals surface area (Å²) < 4.78 is 9.59. The summed E-state index contributed by atoms with van der Waals surface area (Å²) in [5.41, 5.74) is 28.0. The van der Waals surface area contributed by atoms with Crippen LogP contribution in [0.15, 0.2) is 229 Å². The lowest BCUT2D eigenvalue weighted by Gasteiger charge is -2.48. The van der Waals surface area contributed by atoms with Gasteiger partial charge in [-0.1, -0.05) is 189 Å². The van der Waals surface area contributed by atoms with Crippen LogP contribution >= 0.6 is 11.3 Å². The maximum Gasteiger partial charge on any atom is 0.333 e. The molecule has 2 aliphatic carbocycles. The Kier molecular flexibility index (Phi) is 11.8. The molecule has 0 saturated carbocycles. The van der Waals surface area contributed by atoms with Crippen molar-refractivity contribution in [2.45, 2.75) is 110 Å². The monoisotopic (exact) mass is 1170 g/mol. The van der Waals surface area contributed by atoms with E-state index in [-0.39, 0.29) is 28.5 Å². The van der Waals surface area contributed by atoms with Gasteiger partial charge in [-0.15, -0.1) is 11.3 Å². The normalized spacial score (nSPS) is 16.5. The maximum atomic E-state index is 6.99. The third-order valence-corrected chi connectivity index (χ3v) is 22.4. The number of fused-ring (bicyclic) bond motifs is 14. The van der Waals surface area contributed by atoms with Crippen LogP contribution in [-0.4, -0.2) is 6.85 Å². The molecule has 4 heterocycles. The molecule has 17 rings (SSSR count). The molecule has 2 aliphatic heterocycles. The first-order valence-electron chi connectivity index (χ1n) is 32.1. The zero-order valence-electron chi connectivity index (χ0n) is 52.4. The van der Waals surface area contributed by atoms with Crippen molar-refractivity contribution in [1.82, 2.24) is 0 Å². The van der Waals surface area contributed by atoms with Crippen molar-refractivity contribution >= 4 is 117 Å². The van der Waals surface area contributed by atoms with E-state index in [9.17, 15) is 0 Å². The first-order chi connectivity index (χ1) is 43.0. The standard InChI is InChI=1S/C83H72BN3OS/c1-51-44-66-68(83(8,9)43-42-81(66,4)5)50-71(51)86-70-38-35-58(85(56-28-20-26-54(45-56)52-22-12-10-13-23-52)57-29-21-27-55(46-57)53-24-14-11-15-25-53)48-69(70)84-76-63(49-64-60-30-17-19-33-74(60)89-79(64)78(76)86)61-36-39-73-75(62-31-16-18-32-72(62)88-73)77(61)87(84)59-34-37-65-67(47-59)82(6,7)41-40-80(65,2)3/h10-39,44-50H,40-43H2,1-9H3. The van der Waals surface area contributed by atoms with Gasteiger partial charge < -0.3 is 19.0 Å². The van der Waals surface area contributed by atoms with Crippen molar-refractivity contribution in [2.24, 2.45) is 0 Å². The number of nitrogens with zero attached hydrogens (tertiary/aromatic N) is 3. The molecule has 0 radical (unpaired) electrons. The zero-order chi connectivity index (χ0) is 60.5. The SMILES string of the molecule is Cc1cc2c(cc1N1c3ccc(N(c4cccc(-c5ccccc5)c4)c4cccc(-c5ccccc5)c4)cc3B3c4c(cc5c(sc6ccccc65)c41)-c1ccc4oc5ccccc5c4c1N3c1ccc3c(c1)C(C)(C)CCC3(C)C)C(C)(C)CCC2(C)C. The lowest BCUT2D eigenvalue weighted by atomic mass is 9.43. The summed E-state index contributed by atoms with van der Waals surface area (Å²) in [7, 11) is 0. The van der Waals surface area contributed by atoms with E-state index in [1.807, 2.05) is 11.3 Å². The Bertz CT molecular complexity index is 5000. The molecule has 434 valence electrons. The van der Waals surface area contributed by atoms with E-state index in [2.05, 4.69) is 301 Å². The summed E-state index contributed by atoms with van der Waals surface area (Å²) in [6.07, 6.45) is 4.55. The summed E-state index contributed by atoms with van der Waals surface area (Å²) in [6, 6.07) is 85.2. The van der Waals surface area contributed by atoms with E-state index in [4.69, 9.17) is 4.42 Å². The van der Waals surface area contributed by atoms with Crippen molar-refractivity contribution in [3.05, 3.63) is 252 Å². The summed E-state index contributed by atoms with van der Waals surface area (Å²) in [6.45, 7) is 21.8. The molecule has 2 aromatic heterocycles. The van der Waals surface area contributed by atoms with Crippen LogP contribution in [0, 0.1) is 6.92 Å². The first kappa shape index (κ1) is 54.1. The number of benzene rings is 11. The Labute approximate surface area is 527 Å². The largest absolute Gasteiger partial charge is 0.456 e. The Hall–Kier alpha value is -9.10. The fourth-order valence-corrected chi connectivity index (χ4v) is 17.4. The molecule has 4 nitrogen and oxygen atoms in total. The van der Waals surface area contributed by atoms with Gasteiger partial charge in [0, 0.05) is 66.2 Å². The fourth-order valence-electron chi connectivity index (χ4n) is 16.2. The van der Waals surface area contributed by atoms with Gasteiger partial charge in [-0.25, -0.2) is 0 Å². The Morgan fingerprint density at radius 3 is 1.67 bits per heavy atom. The number of furan rings is 1. The highest BCUT2D eigenvalue weighted by molar-refractivity contribution is 7.26. The van der Waals surface area contributed by atoms with Crippen LogP contribution in [0.2, 0.25) is 0 Å². The van der Waals surface area contributed by atoms with E-state index < -0.39 is 0 Å². The van der Waals surface area contributed by atoms with Crippen molar-refractivity contribution in [1.29, 1.82) is 0 Å². The van der Waals surface area contributed by atoms with Gasteiger partial charge in [0.2, 0.25) is 0 Å². The van der Waals surface area contributed by atoms with Gasteiger partial charge >= 0.3 is 6.85 Å². The second kappa shape index (κ2) is 19.5. The quantitative estimate of drug-likeness (QED) is 0.148. The summed E-state index contributed by atoms with van der Waals surface area (Å²) in [5.74, 6) is 0. The molecule has 0 N–H and O–H groups in total. The van der Waals surface area contributed by atoms with Crippen LogP contribution in [0.1, 0.15) is 109 Å². The van der Waals surface area contributed by atoms with Crippen molar-refractivity contribution < 1.29 is 4.42 Å². The van der Waals surface area contributed by atoms with Crippen molar-refractivity contribution in [3.8, 4) is 33.4 Å². The number of anilines is 8. The fraction of sp³-hybridized carbons (Fsp3) is 0.205. The summed E-state index contributed by atoms with van der Waals surface area (Å²) in [5, 5.41) is 4.85. The molecule has 0 bridgehead atoms. The van der Waals surface area contributed by atoms with Gasteiger partial charge in [0.15, 0.2) is 0 Å². The molecule has 0 fully saturated rings. The van der Waals surface area contributed by atoms with Crippen LogP contribution in [-0.2, 0) is 21.7 Å². The number of rotatable bonds is 7. The van der Waals surface area contributed by atoms with Gasteiger partial charge in [0.1, 0.15) is 11.2 Å². The maximum absolute atomic E-state index is 6.99. The van der Waals surface area contributed by atoms with Crippen LogP contribution in [0.4, 0.5) is 45.5 Å². The lowest BCUT2D eigenvalue weighted by Crippen LogP contribution is -2.61. The molecule has 0 spiro atoms. The second-order valence-corrected chi connectivity index (χ2v) is 29.6. The molecular weight excluding hydrogens is 1100 g/mol. The number of hydrogen-bond acceptors (Lipinski definition) is 5. The highest BCUT2D eigenvalue weighted by atomic mass is 32.1.